The van der Waals surface area contributed by atoms with Crippen molar-refractivity contribution in [1.82, 2.24) is 0 Å². The molecule has 0 heterocycles. The summed E-state index contributed by atoms with van der Waals surface area (Å²) in [6, 6.07) is 4.69. The zero-order valence-electron chi connectivity index (χ0n) is 10.9. The van der Waals surface area contributed by atoms with Crippen LogP contribution in [0.2, 0.25) is 0 Å². The van der Waals surface area contributed by atoms with Gasteiger partial charge in [-0.05, 0) is 55.4 Å². The molecular formula is C14H22N2O. The molecule has 0 radical (unpaired) electrons. The molecule has 1 aromatic rings. The minimum Gasteiger partial charge on any atom is -0.496 e. The van der Waals surface area contributed by atoms with Gasteiger partial charge in [0.15, 0.2) is 0 Å². The molecule has 17 heavy (non-hydrogen) atoms. The Morgan fingerprint density at radius 1 is 1.24 bits per heavy atom. The molecule has 1 aromatic carbocycles. The molecule has 0 spiro atoms. The maximum atomic E-state index is 6.33. The van der Waals surface area contributed by atoms with E-state index in [1.807, 2.05) is 0 Å². The molecule has 0 bridgehead atoms. The van der Waals surface area contributed by atoms with Crippen molar-refractivity contribution in [2.45, 2.75) is 38.8 Å². The fraction of sp³-hybridized carbons (Fsp3) is 0.571. The minimum atomic E-state index is 0.111. The van der Waals surface area contributed by atoms with Crippen LogP contribution in [0.5, 0.6) is 5.75 Å². The van der Waals surface area contributed by atoms with Gasteiger partial charge in [0.05, 0.1) is 7.11 Å². The fourth-order valence-corrected chi connectivity index (χ4v) is 2.65. The average molecular weight is 234 g/mol. The Kier molecular flexibility index (Phi) is 3.40. The van der Waals surface area contributed by atoms with E-state index >= 15 is 0 Å². The first-order valence-corrected chi connectivity index (χ1v) is 6.19. The van der Waals surface area contributed by atoms with Crippen molar-refractivity contribution >= 4 is 0 Å². The van der Waals surface area contributed by atoms with Gasteiger partial charge in [0.2, 0.25) is 0 Å². The van der Waals surface area contributed by atoms with E-state index in [9.17, 15) is 0 Å². The molecule has 94 valence electrons. The molecule has 0 saturated heterocycles. The molecule has 1 saturated carbocycles. The van der Waals surface area contributed by atoms with Gasteiger partial charge in [0.1, 0.15) is 5.75 Å². The van der Waals surface area contributed by atoms with Crippen molar-refractivity contribution in [3.63, 3.8) is 0 Å². The summed E-state index contributed by atoms with van der Waals surface area (Å²) in [6.07, 6.45) is 2.09. The average Bonchev–Trinajstić information content (AvgIpc) is 2.26. The van der Waals surface area contributed by atoms with E-state index in [1.165, 1.54) is 11.1 Å². The first kappa shape index (κ1) is 12.4. The Balaban J connectivity index is 2.23. The highest BCUT2D eigenvalue weighted by atomic mass is 16.5. The Bertz CT molecular complexity index is 411. The molecule has 1 fully saturated rings. The molecule has 1 atom stereocenters. The number of benzene rings is 1. The topological polar surface area (TPSA) is 61.3 Å². The molecule has 0 aliphatic heterocycles. The highest BCUT2D eigenvalue weighted by molar-refractivity contribution is 5.43. The lowest BCUT2D eigenvalue weighted by Crippen LogP contribution is -2.41. The van der Waals surface area contributed by atoms with Crippen molar-refractivity contribution in [3.05, 3.63) is 28.8 Å². The number of hydrogen-bond acceptors (Lipinski definition) is 3. The van der Waals surface area contributed by atoms with Gasteiger partial charge in [0.25, 0.3) is 0 Å². The summed E-state index contributed by atoms with van der Waals surface area (Å²) in [5.41, 5.74) is 15.7. The molecule has 1 unspecified atom stereocenters. The fourth-order valence-electron chi connectivity index (χ4n) is 2.65. The Morgan fingerprint density at radius 2 is 1.88 bits per heavy atom. The molecule has 0 aromatic heterocycles. The maximum Gasteiger partial charge on any atom is 0.122 e. The van der Waals surface area contributed by atoms with E-state index < -0.39 is 0 Å². The zero-order chi connectivity index (χ0) is 12.6. The number of nitrogens with two attached hydrogens (primary N) is 2. The van der Waals surface area contributed by atoms with Crippen LogP contribution >= 0.6 is 0 Å². The lowest BCUT2D eigenvalue weighted by molar-refractivity contribution is 0.223. The molecular weight excluding hydrogens is 212 g/mol. The van der Waals surface area contributed by atoms with Crippen LogP contribution < -0.4 is 16.2 Å². The van der Waals surface area contributed by atoms with Gasteiger partial charge in [0, 0.05) is 12.1 Å². The third-order valence-electron chi connectivity index (χ3n) is 3.86. The van der Waals surface area contributed by atoms with Crippen LogP contribution in [0.1, 0.15) is 35.6 Å². The predicted octanol–water partition coefficient (Wildman–Crippen LogP) is 2.05. The number of aryl methyl sites for hydroxylation is 2. The number of hydrogen-bond donors (Lipinski definition) is 2. The monoisotopic (exact) mass is 234 g/mol. The van der Waals surface area contributed by atoms with Crippen LogP contribution in [0.3, 0.4) is 0 Å². The maximum absolute atomic E-state index is 6.33. The first-order valence-electron chi connectivity index (χ1n) is 6.19. The molecule has 2 rings (SSSR count). The van der Waals surface area contributed by atoms with Crippen molar-refractivity contribution < 1.29 is 4.74 Å². The summed E-state index contributed by atoms with van der Waals surface area (Å²) in [7, 11) is 1.70. The molecule has 3 nitrogen and oxygen atoms in total. The molecule has 4 N–H and O–H groups in total. The Morgan fingerprint density at radius 3 is 2.41 bits per heavy atom. The van der Waals surface area contributed by atoms with E-state index in [0.717, 1.165) is 24.2 Å². The van der Waals surface area contributed by atoms with Gasteiger partial charge in [-0.2, -0.15) is 0 Å². The molecule has 1 aliphatic rings. The zero-order valence-corrected chi connectivity index (χ0v) is 10.9. The van der Waals surface area contributed by atoms with Crippen LogP contribution in [0, 0.1) is 19.8 Å². The van der Waals surface area contributed by atoms with E-state index in [2.05, 4.69) is 26.0 Å². The van der Waals surface area contributed by atoms with Gasteiger partial charge in [-0.15, -0.1) is 0 Å². The summed E-state index contributed by atoms with van der Waals surface area (Å²) in [5, 5.41) is 0. The van der Waals surface area contributed by atoms with Crippen LogP contribution in [0.25, 0.3) is 0 Å². The largest absolute Gasteiger partial charge is 0.496 e. The third kappa shape index (κ3) is 2.31. The summed E-state index contributed by atoms with van der Waals surface area (Å²) in [5.74, 6) is 1.47. The van der Waals surface area contributed by atoms with Gasteiger partial charge in [-0.25, -0.2) is 0 Å². The van der Waals surface area contributed by atoms with E-state index in [1.54, 1.807) is 7.11 Å². The standard InChI is InChI=1S/C14H22N2O/c1-8-5-13(17-3)9(2)4-12(8)14(16)10-6-11(15)7-10/h4-5,10-11,14H,6-7,15-16H2,1-3H3. The normalized spacial score (nSPS) is 25.2. The van der Waals surface area contributed by atoms with E-state index in [-0.39, 0.29) is 6.04 Å². The second-order valence-electron chi connectivity index (χ2n) is 5.20. The first-order chi connectivity index (χ1) is 8.02. The lowest BCUT2D eigenvalue weighted by Gasteiger charge is -2.37. The Labute approximate surface area is 103 Å². The van der Waals surface area contributed by atoms with Gasteiger partial charge < -0.3 is 16.2 Å². The predicted molar refractivity (Wildman–Crippen MR) is 70.1 cm³/mol. The van der Waals surface area contributed by atoms with Crippen molar-refractivity contribution in [2.24, 2.45) is 17.4 Å². The van der Waals surface area contributed by atoms with Gasteiger partial charge >= 0.3 is 0 Å². The SMILES string of the molecule is COc1cc(C)c(C(N)C2CC(N)C2)cc1C. The van der Waals surface area contributed by atoms with Gasteiger partial charge in [-0.3, -0.25) is 0 Å². The summed E-state index contributed by atoms with van der Waals surface area (Å²) < 4.78 is 5.32. The van der Waals surface area contributed by atoms with Gasteiger partial charge in [-0.1, -0.05) is 6.07 Å². The van der Waals surface area contributed by atoms with Crippen LogP contribution in [-0.4, -0.2) is 13.2 Å². The molecule has 1 aliphatic carbocycles. The smallest absolute Gasteiger partial charge is 0.122 e. The second kappa shape index (κ2) is 4.67. The van der Waals surface area contributed by atoms with Crippen LogP contribution in [0.15, 0.2) is 12.1 Å². The quantitative estimate of drug-likeness (QED) is 0.841. The summed E-state index contributed by atoms with van der Waals surface area (Å²) in [4.78, 5) is 0. The number of ether oxygens (including phenoxy) is 1. The number of rotatable bonds is 3. The Hall–Kier alpha value is -1.06. The van der Waals surface area contributed by atoms with Crippen molar-refractivity contribution in [2.75, 3.05) is 7.11 Å². The third-order valence-corrected chi connectivity index (χ3v) is 3.86. The van der Waals surface area contributed by atoms with Crippen LogP contribution in [-0.2, 0) is 0 Å². The second-order valence-corrected chi connectivity index (χ2v) is 5.20. The number of methoxy groups -OCH3 is 1. The van der Waals surface area contributed by atoms with Crippen LogP contribution in [0.4, 0.5) is 0 Å². The van der Waals surface area contributed by atoms with Crippen molar-refractivity contribution in [3.8, 4) is 5.75 Å². The highest BCUT2D eigenvalue weighted by Crippen LogP contribution is 2.37. The summed E-state index contributed by atoms with van der Waals surface area (Å²) >= 11 is 0. The molecule has 3 heteroatoms. The minimum absolute atomic E-state index is 0.111. The summed E-state index contributed by atoms with van der Waals surface area (Å²) in [6.45, 7) is 4.15. The molecule has 0 amide bonds. The van der Waals surface area contributed by atoms with Crippen molar-refractivity contribution in [1.29, 1.82) is 0 Å². The van der Waals surface area contributed by atoms with E-state index in [4.69, 9.17) is 16.2 Å². The lowest BCUT2D eigenvalue weighted by atomic mass is 9.73. The highest BCUT2D eigenvalue weighted by Gasteiger charge is 2.32. The van der Waals surface area contributed by atoms with E-state index in [0.29, 0.717) is 12.0 Å².